The number of hydrogen-bond acceptors (Lipinski definition) is 3. The van der Waals surface area contributed by atoms with Crippen molar-refractivity contribution in [3.63, 3.8) is 0 Å². The molecule has 0 aliphatic rings. The third-order valence-electron chi connectivity index (χ3n) is 1.86. The van der Waals surface area contributed by atoms with Crippen LogP contribution in [0.5, 0.6) is 0 Å². The van der Waals surface area contributed by atoms with Crippen LogP contribution in [0.15, 0.2) is 29.4 Å². The van der Waals surface area contributed by atoms with Gasteiger partial charge in [-0.3, -0.25) is 0 Å². The van der Waals surface area contributed by atoms with Gasteiger partial charge in [-0.15, -0.1) is 0 Å². The van der Waals surface area contributed by atoms with E-state index >= 15 is 0 Å². The van der Waals surface area contributed by atoms with Gasteiger partial charge in [0.25, 0.3) is 5.96 Å². The van der Waals surface area contributed by atoms with E-state index in [4.69, 9.17) is 22.5 Å². The molecule has 0 saturated heterocycles. The molecular weight excluding hydrogens is 204 g/mol. The molecule has 6 heteroatoms. The number of benzene rings is 1. The first-order valence-electron chi connectivity index (χ1n) is 3.85. The summed E-state index contributed by atoms with van der Waals surface area (Å²) in [5.41, 5.74) is 6.12. The van der Waals surface area contributed by atoms with Gasteiger partial charge in [-0.2, -0.15) is 9.78 Å². The van der Waals surface area contributed by atoms with Gasteiger partial charge in [0.05, 0.1) is 5.52 Å². The number of rotatable bonds is 0. The molecule has 0 aliphatic heterocycles. The van der Waals surface area contributed by atoms with Crippen molar-refractivity contribution in [3.05, 3.63) is 29.4 Å². The average Bonchev–Trinajstić information content (AvgIpc) is 2.56. The van der Waals surface area contributed by atoms with Crippen LogP contribution in [0.1, 0.15) is 0 Å². The molecule has 2 aromatic rings. The second-order valence-electron chi connectivity index (χ2n) is 2.68. The Kier molecular flexibility index (Phi) is 2.01. The van der Waals surface area contributed by atoms with E-state index in [1.54, 1.807) is 6.07 Å². The molecule has 14 heavy (non-hydrogen) atoms. The van der Waals surface area contributed by atoms with Crippen molar-refractivity contribution in [2.75, 3.05) is 0 Å². The van der Waals surface area contributed by atoms with Crippen LogP contribution >= 0.6 is 11.6 Å². The Morgan fingerprint density at radius 1 is 1.50 bits per heavy atom. The minimum atomic E-state index is -0.117. The maximum Gasteiger partial charge on any atom is 0.258 e. The first-order chi connectivity index (χ1) is 6.74. The average molecular weight is 211 g/mol. The third kappa shape index (κ3) is 1.18. The third-order valence-corrected chi connectivity index (χ3v) is 2.14. The number of para-hydroxylation sites is 1. The Bertz CT molecular complexity index is 505. The standard InChI is InChI=1S/C8H7ClN4O/c9-7-5-3-1-2-4-6(5)13(11-7)8(10)12-14/h1-4,14H,(H2,10,12). The van der Waals surface area contributed by atoms with Crippen LogP contribution in [0.25, 0.3) is 10.9 Å². The summed E-state index contributed by atoms with van der Waals surface area (Å²) in [5, 5.41) is 16.4. The molecule has 0 fully saturated rings. The Hall–Kier alpha value is -1.75. The van der Waals surface area contributed by atoms with Crippen LogP contribution in [0.3, 0.4) is 0 Å². The quantitative estimate of drug-likeness (QED) is 0.297. The largest absolute Gasteiger partial charge is 0.408 e. The van der Waals surface area contributed by atoms with Crippen LogP contribution < -0.4 is 5.73 Å². The maximum absolute atomic E-state index is 8.52. The Balaban J connectivity index is 2.79. The van der Waals surface area contributed by atoms with Gasteiger partial charge in [0.15, 0.2) is 5.15 Å². The summed E-state index contributed by atoms with van der Waals surface area (Å²) >= 11 is 5.85. The van der Waals surface area contributed by atoms with Gasteiger partial charge in [-0.25, -0.2) is 0 Å². The van der Waals surface area contributed by atoms with Crippen molar-refractivity contribution < 1.29 is 5.21 Å². The summed E-state index contributed by atoms with van der Waals surface area (Å²) in [5.74, 6) is -0.117. The molecule has 1 aromatic heterocycles. The predicted molar refractivity (Wildman–Crippen MR) is 53.5 cm³/mol. The van der Waals surface area contributed by atoms with Gasteiger partial charge in [-0.05, 0) is 17.3 Å². The van der Waals surface area contributed by atoms with Crippen molar-refractivity contribution >= 4 is 28.5 Å². The van der Waals surface area contributed by atoms with E-state index in [0.29, 0.717) is 10.7 Å². The van der Waals surface area contributed by atoms with Crippen molar-refractivity contribution in [2.45, 2.75) is 0 Å². The highest BCUT2D eigenvalue weighted by molar-refractivity contribution is 6.34. The predicted octanol–water partition coefficient (Wildman–Crippen LogP) is 1.24. The summed E-state index contributed by atoms with van der Waals surface area (Å²) < 4.78 is 1.28. The minimum absolute atomic E-state index is 0.117. The number of hydrogen-bond donors (Lipinski definition) is 2. The van der Waals surface area contributed by atoms with Gasteiger partial charge in [-0.1, -0.05) is 23.7 Å². The molecule has 0 bridgehead atoms. The minimum Gasteiger partial charge on any atom is -0.408 e. The molecule has 3 N–H and O–H groups in total. The SMILES string of the molecule is N/C(=N\O)n1nc(Cl)c2ccccc21. The number of oxime groups is 1. The highest BCUT2D eigenvalue weighted by Crippen LogP contribution is 2.21. The zero-order valence-electron chi connectivity index (χ0n) is 7.05. The molecule has 0 radical (unpaired) electrons. The van der Waals surface area contributed by atoms with Gasteiger partial charge in [0.1, 0.15) is 0 Å². The summed E-state index contributed by atoms with van der Waals surface area (Å²) in [4.78, 5) is 0. The molecule has 1 heterocycles. The summed E-state index contributed by atoms with van der Waals surface area (Å²) in [6.45, 7) is 0. The topological polar surface area (TPSA) is 76.4 Å². The summed E-state index contributed by atoms with van der Waals surface area (Å²) in [6.07, 6.45) is 0. The monoisotopic (exact) mass is 210 g/mol. The smallest absolute Gasteiger partial charge is 0.258 e. The van der Waals surface area contributed by atoms with Crippen molar-refractivity contribution in [3.8, 4) is 0 Å². The van der Waals surface area contributed by atoms with E-state index < -0.39 is 0 Å². The second kappa shape index (κ2) is 3.19. The number of aromatic nitrogens is 2. The number of nitrogens with two attached hydrogens (primary N) is 1. The number of halogens is 1. The number of fused-ring (bicyclic) bond motifs is 1. The molecule has 0 spiro atoms. The van der Waals surface area contributed by atoms with E-state index in [0.717, 1.165) is 5.39 Å². The molecule has 0 aliphatic carbocycles. The Morgan fingerprint density at radius 2 is 2.21 bits per heavy atom. The van der Waals surface area contributed by atoms with E-state index in [-0.39, 0.29) is 5.96 Å². The maximum atomic E-state index is 8.52. The first-order valence-corrected chi connectivity index (χ1v) is 4.23. The highest BCUT2D eigenvalue weighted by atomic mass is 35.5. The van der Waals surface area contributed by atoms with Gasteiger partial charge >= 0.3 is 0 Å². The molecule has 72 valence electrons. The fraction of sp³-hybridized carbons (Fsp3) is 0. The fourth-order valence-electron chi connectivity index (χ4n) is 1.25. The normalized spacial score (nSPS) is 12.2. The van der Waals surface area contributed by atoms with Gasteiger partial charge in [0, 0.05) is 5.39 Å². The lowest BCUT2D eigenvalue weighted by molar-refractivity contribution is 0.315. The molecule has 5 nitrogen and oxygen atoms in total. The van der Waals surface area contributed by atoms with Gasteiger partial charge < -0.3 is 10.9 Å². The summed E-state index contributed by atoms with van der Waals surface area (Å²) in [7, 11) is 0. The molecular formula is C8H7ClN4O. The van der Waals surface area contributed by atoms with E-state index in [1.807, 2.05) is 18.2 Å². The molecule has 0 amide bonds. The van der Waals surface area contributed by atoms with E-state index in [9.17, 15) is 0 Å². The van der Waals surface area contributed by atoms with Crippen LogP contribution in [0.2, 0.25) is 5.15 Å². The lowest BCUT2D eigenvalue weighted by Crippen LogP contribution is -2.23. The second-order valence-corrected chi connectivity index (χ2v) is 3.04. The van der Waals surface area contributed by atoms with Gasteiger partial charge in [0.2, 0.25) is 0 Å². The molecule has 0 saturated carbocycles. The molecule has 0 unspecified atom stereocenters. The molecule has 1 aromatic carbocycles. The lowest BCUT2D eigenvalue weighted by Gasteiger charge is -1.97. The van der Waals surface area contributed by atoms with Crippen LogP contribution in [-0.2, 0) is 0 Å². The van der Waals surface area contributed by atoms with Crippen molar-refractivity contribution in [1.29, 1.82) is 0 Å². The molecule has 0 atom stereocenters. The van der Waals surface area contributed by atoms with Crippen LogP contribution in [0.4, 0.5) is 0 Å². The van der Waals surface area contributed by atoms with Crippen molar-refractivity contribution in [1.82, 2.24) is 9.78 Å². The molecule has 2 rings (SSSR count). The first kappa shape index (κ1) is 8.83. The number of nitrogens with zero attached hydrogens (tertiary/aromatic N) is 3. The van der Waals surface area contributed by atoms with Crippen LogP contribution in [0, 0.1) is 0 Å². The lowest BCUT2D eigenvalue weighted by atomic mass is 10.3. The zero-order valence-corrected chi connectivity index (χ0v) is 7.81. The summed E-state index contributed by atoms with van der Waals surface area (Å²) in [6, 6.07) is 7.26. The zero-order chi connectivity index (χ0) is 10.1. The van der Waals surface area contributed by atoms with Crippen molar-refractivity contribution in [2.24, 2.45) is 10.9 Å². The van der Waals surface area contributed by atoms with E-state index in [1.165, 1.54) is 4.68 Å². The van der Waals surface area contributed by atoms with E-state index in [2.05, 4.69) is 10.3 Å². The van der Waals surface area contributed by atoms with Crippen LogP contribution in [-0.4, -0.2) is 20.9 Å². The highest BCUT2D eigenvalue weighted by Gasteiger charge is 2.09. The Morgan fingerprint density at radius 3 is 2.93 bits per heavy atom. The fourth-order valence-corrected chi connectivity index (χ4v) is 1.48. The Labute approximate surface area is 84.4 Å².